The summed E-state index contributed by atoms with van der Waals surface area (Å²) in [5.74, 6) is 1.16. The second kappa shape index (κ2) is 8.75. The number of ketones is 1. The Hall–Kier alpha value is -3.07. The van der Waals surface area contributed by atoms with Crippen molar-refractivity contribution in [1.29, 1.82) is 0 Å². The SMILES string of the molecule is COc1ccc(C)cc1C(=O)CSc1nnc(-c2ccco2)n1CCC(N)=O. The number of amides is 1. The van der Waals surface area contributed by atoms with Crippen molar-refractivity contribution in [2.24, 2.45) is 5.73 Å². The minimum Gasteiger partial charge on any atom is -0.496 e. The molecule has 2 heterocycles. The molecule has 0 spiro atoms. The first-order valence-corrected chi connectivity index (χ1v) is 9.54. The molecule has 146 valence electrons. The number of nitrogens with two attached hydrogens (primary N) is 1. The Morgan fingerprint density at radius 1 is 1.29 bits per heavy atom. The summed E-state index contributed by atoms with van der Waals surface area (Å²) in [6.45, 7) is 2.21. The van der Waals surface area contributed by atoms with Crippen LogP contribution in [0.2, 0.25) is 0 Å². The highest BCUT2D eigenvalue weighted by atomic mass is 32.2. The van der Waals surface area contributed by atoms with Crippen molar-refractivity contribution in [3.05, 3.63) is 47.7 Å². The molecule has 0 fully saturated rings. The maximum Gasteiger partial charge on any atom is 0.219 e. The molecular weight excluding hydrogens is 380 g/mol. The summed E-state index contributed by atoms with van der Waals surface area (Å²) in [4.78, 5) is 23.9. The van der Waals surface area contributed by atoms with Gasteiger partial charge in [-0.2, -0.15) is 0 Å². The molecular formula is C19H20N4O4S. The number of benzene rings is 1. The predicted molar refractivity (Wildman–Crippen MR) is 104 cm³/mol. The van der Waals surface area contributed by atoms with E-state index in [-0.39, 0.29) is 18.0 Å². The summed E-state index contributed by atoms with van der Waals surface area (Å²) in [7, 11) is 1.53. The van der Waals surface area contributed by atoms with Crippen LogP contribution < -0.4 is 10.5 Å². The maximum atomic E-state index is 12.7. The Bertz CT molecular complexity index is 982. The van der Waals surface area contributed by atoms with E-state index in [9.17, 15) is 9.59 Å². The summed E-state index contributed by atoms with van der Waals surface area (Å²) in [5.41, 5.74) is 6.77. The van der Waals surface area contributed by atoms with E-state index in [4.69, 9.17) is 14.9 Å². The zero-order valence-electron chi connectivity index (χ0n) is 15.5. The van der Waals surface area contributed by atoms with Gasteiger partial charge >= 0.3 is 0 Å². The summed E-state index contributed by atoms with van der Waals surface area (Å²) >= 11 is 1.24. The van der Waals surface area contributed by atoms with Gasteiger partial charge in [0.2, 0.25) is 5.91 Å². The van der Waals surface area contributed by atoms with Crippen LogP contribution in [0.25, 0.3) is 11.6 Å². The quantitative estimate of drug-likeness (QED) is 0.434. The number of aryl methyl sites for hydroxylation is 1. The molecule has 0 aliphatic rings. The second-order valence-corrected chi connectivity index (χ2v) is 7.01. The van der Waals surface area contributed by atoms with Gasteiger partial charge in [0.15, 0.2) is 22.5 Å². The van der Waals surface area contributed by atoms with Crippen LogP contribution in [0.4, 0.5) is 0 Å². The van der Waals surface area contributed by atoms with Gasteiger partial charge in [-0.3, -0.25) is 14.2 Å². The molecule has 0 aliphatic heterocycles. The average molecular weight is 400 g/mol. The molecule has 0 saturated carbocycles. The number of primary amides is 1. The lowest BCUT2D eigenvalue weighted by Gasteiger charge is -2.10. The summed E-state index contributed by atoms with van der Waals surface area (Å²) in [6, 6.07) is 8.95. The third-order valence-corrected chi connectivity index (χ3v) is 4.99. The lowest BCUT2D eigenvalue weighted by molar-refractivity contribution is -0.118. The topological polar surface area (TPSA) is 113 Å². The highest BCUT2D eigenvalue weighted by molar-refractivity contribution is 7.99. The predicted octanol–water partition coefficient (Wildman–Crippen LogP) is 2.71. The van der Waals surface area contributed by atoms with E-state index in [2.05, 4.69) is 10.2 Å². The Morgan fingerprint density at radius 2 is 2.11 bits per heavy atom. The Balaban J connectivity index is 1.81. The van der Waals surface area contributed by atoms with Crippen molar-refractivity contribution in [1.82, 2.24) is 14.8 Å². The van der Waals surface area contributed by atoms with Crippen molar-refractivity contribution in [2.45, 2.75) is 25.0 Å². The maximum absolute atomic E-state index is 12.7. The molecule has 3 rings (SSSR count). The number of hydrogen-bond donors (Lipinski definition) is 1. The fraction of sp³-hybridized carbons (Fsp3) is 0.263. The van der Waals surface area contributed by atoms with Gasteiger partial charge in [0, 0.05) is 13.0 Å². The molecule has 0 saturated heterocycles. The van der Waals surface area contributed by atoms with Gasteiger partial charge in [-0.15, -0.1) is 10.2 Å². The number of nitrogens with zero attached hydrogens (tertiary/aromatic N) is 3. The van der Waals surface area contributed by atoms with Crippen molar-refractivity contribution in [3.63, 3.8) is 0 Å². The van der Waals surface area contributed by atoms with Crippen LogP contribution >= 0.6 is 11.8 Å². The van der Waals surface area contributed by atoms with E-state index in [1.807, 2.05) is 13.0 Å². The zero-order valence-corrected chi connectivity index (χ0v) is 16.4. The zero-order chi connectivity index (χ0) is 20.1. The van der Waals surface area contributed by atoms with Gasteiger partial charge in [0.1, 0.15) is 5.75 Å². The second-order valence-electron chi connectivity index (χ2n) is 6.07. The first-order valence-electron chi connectivity index (χ1n) is 8.55. The molecule has 0 unspecified atom stereocenters. The van der Waals surface area contributed by atoms with Crippen LogP contribution in [0, 0.1) is 6.92 Å². The number of hydrogen-bond acceptors (Lipinski definition) is 7. The van der Waals surface area contributed by atoms with Crippen molar-refractivity contribution < 1.29 is 18.7 Å². The van der Waals surface area contributed by atoms with E-state index < -0.39 is 5.91 Å². The van der Waals surface area contributed by atoms with Gasteiger partial charge < -0.3 is 14.9 Å². The van der Waals surface area contributed by atoms with E-state index in [0.29, 0.717) is 34.6 Å². The van der Waals surface area contributed by atoms with Crippen LogP contribution in [-0.2, 0) is 11.3 Å². The van der Waals surface area contributed by atoms with Crippen molar-refractivity contribution in [2.75, 3.05) is 12.9 Å². The first-order chi connectivity index (χ1) is 13.5. The van der Waals surface area contributed by atoms with Crippen molar-refractivity contribution in [3.8, 4) is 17.3 Å². The first kappa shape index (κ1) is 19.7. The smallest absolute Gasteiger partial charge is 0.219 e. The number of rotatable bonds is 9. The molecule has 0 radical (unpaired) electrons. The van der Waals surface area contributed by atoms with Crippen LogP contribution in [0.3, 0.4) is 0 Å². The van der Waals surface area contributed by atoms with E-state index in [1.54, 1.807) is 28.8 Å². The standard InChI is InChI=1S/C19H20N4O4S/c1-12-5-6-15(26-2)13(10-12)14(24)11-28-19-22-21-18(16-4-3-9-27-16)23(19)8-7-17(20)25/h3-6,9-10H,7-8,11H2,1-2H3,(H2,20,25). The largest absolute Gasteiger partial charge is 0.496 e. The van der Waals surface area contributed by atoms with Gasteiger partial charge in [-0.05, 0) is 31.2 Å². The van der Waals surface area contributed by atoms with Crippen LogP contribution in [-0.4, -0.2) is 39.3 Å². The van der Waals surface area contributed by atoms with Crippen LogP contribution in [0.1, 0.15) is 22.3 Å². The summed E-state index contributed by atoms with van der Waals surface area (Å²) < 4.78 is 12.4. The van der Waals surface area contributed by atoms with Gasteiger partial charge in [0.05, 0.1) is 24.7 Å². The number of ether oxygens (including phenoxy) is 1. The molecule has 0 atom stereocenters. The molecule has 0 aliphatic carbocycles. The molecule has 0 bridgehead atoms. The van der Waals surface area contributed by atoms with Crippen LogP contribution in [0.5, 0.6) is 5.75 Å². The molecule has 2 aromatic heterocycles. The van der Waals surface area contributed by atoms with E-state index in [0.717, 1.165) is 5.56 Å². The number of Topliss-reactive ketones (excluding diaryl/α,β-unsaturated/α-hetero) is 1. The summed E-state index contributed by atoms with van der Waals surface area (Å²) in [6.07, 6.45) is 1.65. The minimum absolute atomic E-state index is 0.0884. The molecule has 9 heteroatoms. The number of aromatic nitrogens is 3. The minimum atomic E-state index is -0.435. The fourth-order valence-corrected chi connectivity index (χ4v) is 3.50. The number of furan rings is 1. The number of methoxy groups -OCH3 is 1. The molecule has 1 amide bonds. The van der Waals surface area contributed by atoms with E-state index in [1.165, 1.54) is 25.1 Å². The third kappa shape index (κ3) is 4.42. The number of carbonyl (C=O) groups is 2. The molecule has 2 N–H and O–H groups in total. The molecule has 28 heavy (non-hydrogen) atoms. The Kier molecular flexibility index (Phi) is 6.15. The highest BCUT2D eigenvalue weighted by Gasteiger charge is 2.19. The molecule has 8 nitrogen and oxygen atoms in total. The van der Waals surface area contributed by atoms with Gasteiger partial charge in [-0.25, -0.2) is 0 Å². The van der Waals surface area contributed by atoms with E-state index >= 15 is 0 Å². The monoisotopic (exact) mass is 400 g/mol. The third-order valence-electron chi connectivity index (χ3n) is 4.03. The lowest BCUT2D eigenvalue weighted by atomic mass is 10.1. The van der Waals surface area contributed by atoms with Crippen molar-refractivity contribution >= 4 is 23.5 Å². The molecule has 1 aromatic carbocycles. The molecule has 3 aromatic rings. The van der Waals surface area contributed by atoms with Gasteiger partial charge in [0.25, 0.3) is 0 Å². The average Bonchev–Trinajstić information content (AvgIpc) is 3.33. The number of thioether (sulfide) groups is 1. The Labute approximate surface area is 166 Å². The lowest BCUT2D eigenvalue weighted by Crippen LogP contribution is -2.15. The van der Waals surface area contributed by atoms with Crippen LogP contribution in [0.15, 0.2) is 46.2 Å². The number of carbonyl (C=O) groups excluding carboxylic acids is 2. The highest BCUT2D eigenvalue weighted by Crippen LogP contribution is 2.27. The normalized spacial score (nSPS) is 10.8. The Morgan fingerprint density at radius 3 is 2.79 bits per heavy atom. The summed E-state index contributed by atoms with van der Waals surface area (Å²) in [5, 5.41) is 8.81. The fourth-order valence-electron chi connectivity index (χ4n) is 2.65. The van der Waals surface area contributed by atoms with Gasteiger partial charge in [-0.1, -0.05) is 23.4 Å².